The van der Waals surface area contributed by atoms with E-state index in [2.05, 4.69) is 15.0 Å². The van der Waals surface area contributed by atoms with E-state index in [1.54, 1.807) is 11.3 Å². The second-order valence-corrected chi connectivity index (χ2v) is 8.32. The van der Waals surface area contributed by atoms with Crippen molar-refractivity contribution < 1.29 is 23.1 Å². The largest absolute Gasteiger partial charge is 0.465 e. The Bertz CT molecular complexity index is 1250. The molecule has 31 heavy (non-hydrogen) atoms. The summed E-state index contributed by atoms with van der Waals surface area (Å²) in [6.45, 7) is 0.0465. The first kappa shape index (κ1) is 21.1. The average Bonchev–Trinajstić information content (AvgIpc) is 3.14. The molecule has 0 atom stereocenters. The van der Waals surface area contributed by atoms with Gasteiger partial charge < -0.3 is 10.1 Å². The molecule has 0 radical (unpaired) electrons. The van der Waals surface area contributed by atoms with Gasteiger partial charge in [0.1, 0.15) is 16.5 Å². The zero-order valence-corrected chi connectivity index (χ0v) is 17.5. The van der Waals surface area contributed by atoms with E-state index in [-0.39, 0.29) is 24.2 Å². The molecule has 162 valence electrons. The Morgan fingerprint density at radius 2 is 2.00 bits per heavy atom. The molecule has 10 heteroatoms. The van der Waals surface area contributed by atoms with Gasteiger partial charge in [0, 0.05) is 23.9 Å². The number of aromatic nitrogens is 2. The number of benzene rings is 1. The zero-order valence-electron chi connectivity index (χ0n) is 16.7. The number of fused-ring (bicyclic) bond motifs is 3. The van der Waals surface area contributed by atoms with Crippen LogP contribution >= 0.6 is 11.3 Å². The van der Waals surface area contributed by atoms with Crippen LogP contribution in [-0.4, -0.2) is 28.5 Å². The number of hydrogen-bond acceptors (Lipinski definition) is 6. The number of thiophene rings is 1. The lowest BCUT2D eigenvalue weighted by molar-refractivity contribution is -0.116. The van der Waals surface area contributed by atoms with Crippen LogP contribution in [0.4, 0.5) is 14.5 Å². The monoisotopic (exact) mass is 447 g/mol. The van der Waals surface area contributed by atoms with Crippen molar-refractivity contribution in [1.29, 1.82) is 0 Å². The van der Waals surface area contributed by atoms with Gasteiger partial charge in [0.05, 0.1) is 30.1 Å². The minimum Gasteiger partial charge on any atom is -0.465 e. The molecule has 0 saturated heterocycles. The maximum absolute atomic E-state index is 14.0. The molecule has 2 aromatic heterocycles. The molecule has 1 aromatic carbocycles. The highest BCUT2D eigenvalue weighted by Crippen LogP contribution is 2.33. The van der Waals surface area contributed by atoms with Crippen LogP contribution in [0.3, 0.4) is 0 Å². The minimum absolute atomic E-state index is 0.0465. The minimum atomic E-state index is -1.09. The summed E-state index contributed by atoms with van der Waals surface area (Å²) in [7, 11) is 1.07. The Kier molecular flexibility index (Phi) is 5.81. The number of carbonyl (C=O) groups is 2. The lowest BCUT2D eigenvalue weighted by Crippen LogP contribution is -2.24. The Morgan fingerprint density at radius 1 is 1.23 bits per heavy atom. The van der Waals surface area contributed by atoms with E-state index in [1.165, 1.54) is 15.8 Å². The number of halogens is 2. The van der Waals surface area contributed by atoms with Crippen molar-refractivity contribution in [3.8, 4) is 0 Å². The predicted molar refractivity (Wildman–Crippen MR) is 111 cm³/mol. The molecular weight excluding hydrogens is 428 g/mol. The van der Waals surface area contributed by atoms with Gasteiger partial charge in [-0.2, -0.15) is 0 Å². The molecular formula is C21H19F2N3O4S. The molecule has 7 nitrogen and oxygen atoms in total. The summed E-state index contributed by atoms with van der Waals surface area (Å²) in [6, 6.07) is 1.38. The van der Waals surface area contributed by atoms with Crippen LogP contribution < -0.4 is 10.9 Å². The first-order chi connectivity index (χ1) is 14.9. The van der Waals surface area contributed by atoms with Crippen molar-refractivity contribution in [3.05, 3.63) is 56.5 Å². The molecule has 0 unspecified atom stereocenters. The summed E-state index contributed by atoms with van der Waals surface area (Å²) < 4.78 is 33.6. The van der Waals surface area contributed by atoms with Crippen LogP contribution in [0.25, 0.3) is 10.2 Å². The van der Waals surface area contributed by atoms with Gasteiger partial charge >= 0.3 is 5.97 Å². The summed E-state index contributed by atoms with van der Waals surface area (Å²) in [5.41, 5.74) is 0.0244. The van der Waals surface area contributed by atoms with Gasteiger partial charge in [-0.1, -0.05) is 0 Å². The topological polar surface area (TPSA) is 90.3 Å². The highest BCUT2D eigenvalue weighted by molar-refractivity contribution is 7.18. The number of carbonyl (C=O) groups excluding carboxylic acids is 2. The number of rotatable bonds is 5. The fourth-order valence-electron chi connectivity index (χ4n) is 3.69. The molecule has 2 heterocycles. The molecule has 1 aliphatic rings. The third-order valence-corrected chi connectivity index (χ3v) is 6.46. The first-order valence-corrected chi connectivity index (χ1v) is 10.6. The van der Waals surface area contributed by atoms with E-state index < -0.39 is 29.1 Å². The van der Waals surface area contributed by atoms with Crippen LogP contribution in [0.5, 0.6) is 0 Å². The molecule has 0 bridgehead atoms. The average molecular weight is 447 g/mol. The maximum Gasteiger partial charge on any atom is 0.340 e. The van der Waals surface area contributed by atoms with Crippen molar-refractivity contribution in [3.63, 3.8) is 0 Å². The molecule has 0 spiro atoms. The normalized spacial score (nSPS) is 13.1. The van der Waals surface area contributed by atoms with Gasteiger partial charge in [-0.05, 0) is 37.3 Å². The first-order valence-electron chi connectivity index (χ1n) is 9.76. The van der Waals surface area contributed by atoms with Crippen molar-refractivity contribution in [2.45, 2.75) is 38.6 Å². The van der Waals surface area contributed by atoms with E-state index >= 15 is 0 Å². The van der Waals surface area contributed by atoms with Gasteiger partial charge in [-0.15, -0.1) is 11.3 Å². The summed E-state index contributed by atoms with van der Waals surface area (Å²) >= 11 is 1.54. The molecule has 1 aliphatic carbocycles. The summed E-state index contributed by atoms with van der Waals surface area (Å²) in [5.74, 6) is -3.70. The van der Waals surface area contributed by atoms with Gasteiger partial charge in [0.2, 0.25) is 5.91 Å². The van der Waals surface area contributed by atoms with Crippen LogP contribution in [0, 0.1) is 11.6 Å². The second kappa shape index (κ2) is 8.54. The fourth-order valence-corrected chi connectivity index (χ4v) is 4.91. The molecule has 0 fully saturated rings. The number of esters is 1. The van der Waals surface area contributed by atoms with Crippen LogP contribution in [-0.2, 0) is 28.9 Å². The van der Waals surface area contributed by atoms with E-state index in [9.17, 15) is 23.2 Å². The number of nitrogens with zero attached hydrogens (tertiary/aromatic N) is 2. The van der Waals surface area contributed by atoms with Crippen molar-refractivity contribution >= 4 is 39.1 Å². The van der Waals surface area contributed by atoms with Gasteiger partial charge in [0.15, 0.2) is 0 Å². The lowest BCUT2D eigenvalue weighted by atomic mass is 9.97. The van der Waals surface area contributed by atoms with Gasteiger partial charge in [0.25, 0.3) is 5.56 Å². The Balaban J connectivity index is 1.51. The summed E-state index contributed by atoms with van der Waals surface area (Å²) in [6.07, 6.45) is 5.22. The third kappa shape index (κ3) is 4.07. The predicted octanol–water partition coefficient (Wildman–Crippen LogP) is 3.43. The Hall–Kier alpha value is -3.14. The molecule has 1 N–H and O–H groups in total. The van der Waals surface area contributed by atoms with Crippen molar-refractivity contribution in [2.75, 3.05) is 12.4 Å². The summed E-state index contributed by atoms with van der Waals surface area (Å²) in [4.78, 5) is 43.1. The molecule has 0 saturated carbocycles. The third-order valence-electron chi connectivity index (χ3n) is 5.26. The fraction of sp³-hybridized carbons (Fsp3) is 0.333. The number of aryl methyl sites for hydroxylation is 3. The van der Waals surface area contributed by atoms with E-state index in [0.29, 0.717) is 16.3 Å². The molecule has 4 rings (SSSR count). The van der Waals surface area contributed by atoms with E-state index in [0.717, 1.165) is 44.4 Å². The lowest BCUT2D eigenvalue weighted by Gasteiger charge is -2.11. The second-order valence-electron chi connectivity index (χ2n) is 7.24. The summed E-state index contributed by atoms with van der Waals surface area (Å²) in [5, 5.41) is 2.93. The molecule has 1 amide bonds. The van der Waals surface area contributed by atoms with Crippen molar-refractivity contribution in [1.82, 2.24) is 9.55 Å². The number of methoxy groups -OCH3 is 1. The number of nitrogens with one attached hydrogen (secondary N) is 1. The number of hydrogen-bond donors (Lipinski definition) is 1. The Morgan fingerprint density at radius 3 is 2.77 bits per heavy atom. The number of anilines is 1. The van der Waals surface area contributed by atoms with E-state index in [1.807, 2.05) is 0 Å². The molecule has 3 aromatic rings. The zero-order chi connectivity index (χ0) is 22.1. The van der Waals surface area contributed by atoms with E-state index in [4.69, 9.17) is 0 Å². The SMILES string of the molecule is COC(=O)c1cc(NC(=O)CCn2cnc3sc4c(c3c2=O)CCCC4)c(F)cc1F. The molecule has 0 aliphatic heterocycles. The van der Waals surface area contributed by atoms with Crippen LogP contribution in [0.2, 0.25) is 0 Å². The number of amides is 1. The quantitative estimate of drug-likeness (QED) is 0.606. The Labute approximate surface area is 179 Å². The maximum atomic E-state index is 14.0. The smallest absolute Gasteiger partial charge is 0.340 e. The highest BCUT2D eigenvalue weighted by atomic mass is 32.1. The van der Waals surface area contributed by atoms with Crippen molar-refractivity contribution in [2.24, 2.45) is 0 Å². The van der Waals surface area contributed by atoms with Crippen LogP contribution in [0.1, 0.15) is 40.1 Å². The highest BCUT2D eigenvalue weighted by Gasteiger charge is 2.21. The van der Waals surface area contributed by atoms with Gasteiger partial charge in [-0.25, -0.2) is 18.6 Å². The number of ether oxygens (including phenoxy) is 1. The van der Waals surface area contributed by atoms with Gasteiger partial charge in [-0.3, -0.25) is 14.2 Å². The van der Waals surface area contributed by atoms with Crippen LogP contribution in [0.15, 0.2) is 23.3 Å². The standard InChI is InChI=1S/C21H19F2N3O4S/c1-30-21(29)12-8-15(14(23)9-13(12)22)25-17(27)6-7-26-10-24-19-18(20(26)28)11-4-2-3-5-16(11)31-19/h8-10H,2-7H2,1H3,(H,25,27).